The summed E-state index contributed by atoms with van der Waals surface area (Å²) in [6.07, 6.45) is 7.06. The molecule has 0 fully saturated rings. The van der Waals surface area contributed by atoms with E-state index in [1.165, 1.54) is 16.8 Å². The predicted molar refractivity (Wildman–Crippen MR) is 71.0 cm³/mol. The largest absolute Gasteiger partial charge is 0.308 e. The first-order valence-corrected chi connectivity index (χ1v) is 6.46. The first kappa shape index (κ1) is 12.8. The SMILES string of the molecule is CCc1nn(C)cc1CNCc1cnn(CC)c1. The predicted octanol–water partition coefficient (Wildman–Crippen LogP) is 1.49. The third-order valence-corrected chi connectivity index (χ3v) is 2.98. The summed E-state index contributed by atoms with van der Waals surface area (Å²) < 4.78 is 3.82. The molecule has 2 aromatic heterocycles. The van der Waals surface area contributed by atoms with Gasteiger partial charge in [-0.1, -0.05) is 6.92 Å². The van der Waals surface area contributed by atoms with Crippen molar-refractivity contribution in [3.8, 4) is 0 Å². The second-order valence-corrected chi connectivity index (χ2v) is 4.44. The van der Waals surface area contributed by atoms with Crippen molar-refractivity contribution in [2.75, 3.05) is 0 Å². The number of nitrogens with one attached hydrogen (secondary N) is 1. The summed E-state index contributed by atoms with van der Waals surface area (Å²) in [5.41, 5.74) is 3.68. The molecule has 0 amide bonds. The second kappa shape index (κ2) is 5.82. The van der Waals surface area contributed by atoms with Crippen LogP contribution in [-0.4, -0.2) is 19.6 Å². The Hall–Kier alpha value is -1.62. The van der Waals surface area contributed by atoms with E-state index < -0.39 is 0 Å². The molecule has 0 aliphatic carbocycles. The summed E-state index contributed by atoms with van der Waals surface area (Å²) in [4.78, 5) is 0. The van der Waals surface area contributed by atoms with Crippen LogP contribution in [-0.2, 0) is 33.1 Å². The number of nitrogens with zero attached hydrogens (tertiary/aromatic N) is 4. The number of aryl methyl sites for hydroxylation is 3. The Morgan fingerprint density at radius 1 is 1.22 bits per heavy atom. The van der Waals surface area contributed by atoms with Crippen LogP contribution < -0.4 is 5.32 Å². The van der Waals surface area contributed by atoms with Crippen LogP contribution in [0.5, 0.6) is 0 Å². The topological polar surface area (TPSA) is 47.7 Å². The Morgan fingerprint density at radius 2 is 2.06 bits per heavy atom. The molecule has 18 heavy (non-hydrogen) atoms. The quantitative estimate of drug-likeness (QED) is 0.841. The number of hydrogen-bond acceptors (Lipinski definition) is 3. The molecule has 0 unspecified atom stereocenters. The summed E-state index contributed by atoms with van der Waals surface area (Å²) in [7, 11) is 1.97. The lowest BCUT2D eigenvalue weighted by Crippen LogP contribution is -2.13. The zero-order valence-electron chi connectivity index (χ0n) is 11.3. The van der Waals surface area contributed by atoms with Gasteiger partial charge in [0, 0.05) is 50.2 Å². The normalized spacial score (nSPS) is 11.1. The van der Waals surface area contributed by atoms with Crippen molar-refractivity contribution in [3.05, 3.63) is 35.4 Å². The van der Waals surface area contributed by atoms with Gasteiger partial charge >= 0.3 is 0 Å². The van der Waals surface area contributed by atoms with E-state index in [1.54, 1.807) is 0 Å². The number of aromatic nitrogens is 4. The minimum Gasteiger partial charge on any atom is -0.308 e. The lowest BCUT2D eigenvalue weighted by atomic mass is 10.2. The Balaban J connectivity index is 1.87. The van der Waals surface area contributed by atoms with Crippen molar-refractivity contribution in [3.63, 3.8) is 0 Å². The first-order valence-electron chi connectivity index (χ1n) is 6.46. The van der Waals surface area contributed by atoms with E-state index in [-0.39, 0.29) is 0 Å². The Kier molecular flexibility index (Phi) is 4.15. The maximum Gasteiger partial charge on any atom is 0.0666 e. The van der Waals surface area contributed by atoms with Crippen molar-refractivity contribution >= 4 is 0 Å². The van der Waals surface area contributed by atoms with Crippen LogP contribution in [0.15, 0.2) is 18.6 Å². The summed E-state index contributed by atoms with van der Waals surface area (Å²) in [6.45, 7) is 6.85. The van der Waals surface area contributed by atoms with Crippen molar-refractivity contribution in [1.82, 2.24) is 24.9 Å². The molecule has 0 spiro atoms. The maximum atomic E-state index is 4.43. The fourth-order valence-electron chi connectivity index (χ4n) is 2.04. The smallest absolute Gasteiger partial charge is 0.0666 e. The van der Waals surface area contributed by atoms with Gasteiger partial charge in [-0.2, -0.15) is 10.2 Å². The molecule has 1 N–H and O–H groups in total. The minimum atomic E-state index is 0.845. The molecule has 2 heterocycles. The Labute approximate surface area is 108 Å². The van der Waals surface area contributed by atoms with Gasteiger partial charge in [-0.25, -0.2) is 0 Å². The molecule has 5 heteroatoms. The number of hydrogen-bond donors (Lipinski definition) is 1. The van der Waals surface area contributed by atoms with E-state index in [0.29, 0.717) is 0 Å². The summed E-state index contributed by atoms with van der Waals surface area (Å²) in [5.74, 6) is 0. The van der Waals surface area contributed by atoms with Crippen LogP contribution in [0.1, 0.15) is 30.7 Å². The van der Waals surface area contributed by atoms with Crippen molar-refractivity contribution < 1.29 is 0 Å². The van der Waals surface area contributed by atoms with E-state index >= 15 is 0 Å². The molecule has 2 aromatic rings. The van der Waals surface area contributed by atoms with Crippen LogP contribution in [0, 0.1) is 0 Å². The van der Waals surface area contributed by atoms with Gasteiger partial charge in [0.2, 0.25) is 0 Å². The van der Waals surface area contributed by atoms with Gasteiger partial charge in [-0.05, 0) is 13.3 Å². The highest BCUT2D eigenvalue weighted by molar-refractivity contribution is 5.17. The van der Waals surface area contributed by atoms with Gasteiger partial charge in [0.1, 0.15) is 0 Å². The zero-order chi connectivity index (χ0) is 13.0. The zero-order valence-corrected chi connectivity index (χ0v) is 11.3. The first-order chi connectivity index (χ1) is 8.72. The average Bonchev–Trinajstić information content (AvgIpc) is 2.96. The van der Waals surface area contributed by atoms with E-state index in [1.807, 2.05) is 22.6 Å². The van der Waals surface area contributed by atoms with Gasteiger partial charge in [0.25, 0.3) is 0 Å². The number of rotatable bonds is 6. The van der Waals surface area contributed by atoms with Crippen LogP contribution in [0.2, 0.25) is 0 Å². The molecular weight excluding hydrogens is 226 g/mol. The van der Waals surface area contributed by atoms with Crippen molar-refractivity contribution in [2.24, 2.45) is 7.05 Å². The van der Waals surface area contributed by atoms with E-state index in [0.717, 1.165) is 26.1 Å². The third-order valence-electron chi connectivity index (χ3n) is 2.98. The molecule has 0 bridgehead atoms. The van der Waals surface area contributed by atoms with Gasteiger partial charge in [0.15, 0.2) is 0 Å². The van der Waals surface area contributed by atoms with Crippen molar-refractivity contribution in [1.29, 1.82) is 0 Å². The minimum absolute atomic E-state index is 0.845. The summed E-state index contributed by atoms with van der Waals surface area (Å²) in [5, 5.41) is 12.1. The second-order valence-electron chi connectivity index (χ2n) is 4.44. The lowest BCUT2D eigenvalue weighted by Gasteiger charge is -2.02. The van der Waals surface area contributed by atoms with E-state index in [4.69, 9.17) is 0 Å². The average molecular weight is 247 g/mol. The lowest BCUT2D eigenvalue weighted by molar-refractivity contribution is 0.655. The molecule has 0 saturated carbocycles. The molecule has 0 aliphatic rings. The van der Waals surface area contributed by atoms with Crippen LogP contribution in [0.3, 0.4) is 0 Å². The highest BCUT2D eigenvalue weighted by Gasteiger charge is 2.05. The molecule has 5 nitrogen and oxygen atoms in total. The van der Waals surface area contributed by atoms with Gasteiger partial charge in [-0.15, -0.1) is 0 Å². The van der Waals surface area contributed by atoms with Crippen LogP contribution >= 0.6 is 0 Å². The molecule has 0 saturated heterocycles. The molecular formula is C13H21N5. The highest BCUT2D eigenvalue weighted by atomic mass is 15.3. The fraction of sp³-hybridized carbons (Fsp3) is 0.538. The molecule has 2 rings (SSSR count). The van der Waals surface area contributed by atoms with Gasteiger partial charge in [-0.3, -0.25) is 9.36 Å². The van der Waals surface area contributed by atoms with E-state index in [2.05, 4.69) is 41.8 Å². The van der Waals surface area contributed by atoms with Crippen LogP contribution in [0.4, 0.5) is 0 Å². The highest BCUT2D eigenvalue weighted by Crippen LogP contribution is 2.07. The maximum absolute atomic E-state index is 4.43. The molecule has 0 radical (unpaired) electrons. The summed E-state index contributed by atoms with van der Waals surface area (Å²) >= 11 is 0. The molecule has 0 aliphatic heterocycles. The van der Waals surface area contributed by atoms with Crippen LogP contribution in [0.25, 0.3) is 0 Å². The standard InChI is InChI=1S/C13H21N5/c1-4-13-12(10-17(3)16-13)8-14-6-11-7-15-18(5-2)9-11/h7,9-10,14H,4-6,8H2,1-3H3. The Bertz CT molecular complexity index is 497. The molecule has 0 atom stereocenters. The third kappa shape index (κ3) is 2.98. The molecule has 0 aromatic carbocycles. The van der Waals surface area contributed by atoms with Gasteiger partial charge < -0.3 is 5.32 Å². The summed E-state index contributed by atoms with van der Waals surface area (Å²) in [6, 6.07) is 0. The van der Waals surface area contributed by atoms with Gasteiger partial charge in [0.05, 0.1) is 11.9 Å². The van der Waals surface area contributed by atoms with E-state index in [9.17, 15) is 0 Å². The Morgan fingerprint density at radius 3 is 2.72 bits per heavy atom. The fourth-order valence-corrected chi connectivity index (χ4v) is 2.04. The van der Waals surface area contributed by atoms with Crippen molar-refractivity contribution in [2.45, 2.75) is 39.9 Å². The monoisotopic (exact) mass is 247 g/mol. The molecule has 98 valence electrons.